The molecular weight excluding hydrogens is 317 g/mol. The van der Waals surface area contributed by atoms with E-state index in [1.165, 1.54) is 22.6 Å². The fourth-order valence-electron chi connectivity index (χ4n) is 2.28. The molecule has 0 aliphatic heterocycles. The van der Waals surface area contributed by atoms with E-state index in [1.807, 2.05) is 24.3 Å². The summed E-state index contributed by atoms with van der Waals surface area (Å²) in [5.74, 6) is -0.398. The number of hydrogen-bond acceptors (Lipinski definition) is 1. The van der Waals surface area contributed by atoms with Gasteiger partial charge >= 0.3 is 6.18 Å². The topological polar surface area (TPSA) is 33.5 Å². The van der Waals surface area contributed by atoms with E-state index >= 15 is 0 Å². The largest absolute Gasteiger partial charge is 0.416 e. The van der Waals surface area contributed by atoms with Gasteiger partial charge in [-0.2, -0.15) is 13.2 Å². The Bertz CT molecular complexity index is 677. The second-order valence-corrected chi connectivity index (χ2v) is 5.96. The number of benzene rings is 2. The van der Waals surface area contributed by atoms with E-state index in [-0.39, 0.29) is 5.56 Å². The summed E-state index contributed by atoms with van der Waals surface area (Å²) in [5.41, 5.74) is 1.58. The molecule has 6 heteroatoms. The fourth-order valence-corrected chi connectivity index (χ4v) is 2.28. The Morgan fingerprint density at radius 2 is 1.50 bits per heavy atom. The van der Waals surface area contributed by atoms with E-state index in [9.17, 15) is 18.0 Å². The lowest BCUT2D eigenvalue weighted by atomic mass is 10.1. The van der Waals surface area contributed by atoms with Crippen molar-refractivity contribution in [2.45, 2.75) is 19.3 Å². The normalized spacial score (nSPS) is 11.6. The Morgan fingerprint density at radius 1 is 0.958 bits per heavy atom. The van der Waals surface area contributed by atoms with Gasteiger partial charge in [-0.05, 0) is 29.8 Å². The van der Waals surface area contributed by atoms with Gasteiger partial charge in [-0.1, -0.05) is 24.3 Å². The van der Waals surface area contributed by atoms with Gasteiger partial charge in [0, 0.05) is 17.7 Å². The van der Waals surface area contributed by atoms with Gasteiger partial charge in [0.15, 0.2) is 0 Å². The molecule has 0 heterocycles. The van der Waals surface area contributed by atoms with Crippen LogP contribution in [0.2, 0.25) is 0 Å². The Labute approximate surface area is 139 Å². The summed E-state index contributed by atoms with van der Waals surface area (Å²) in [7, 11) is 4.14. The number of nitrogens with one attached hydrogen (secondary N) is 2. The summed E-state index contributed by atoms with van der Waals surface area (Å²) in [6, 6.07) is 12.1. The monoisotopic (exact) mass is 337 g/mol. The standard InChI is InChI=1S/C18H19F3N2O/c1-23(2)12-14-5-3-13(4-6-14)11-22-17(24)15-7-9-16(10-8-15)18(19,20)21/h3-10H,11-12H2,1-2H3,(H,22,24)/p+1. The predicted octanol–water partition coefficient (Wildman–Crippen LogP) is 2.28. The average Bonchev–Trinajstić information content (AvgIpc) is 2.52. The van der Waals surface area contributed by atoms with Crippen LogP contribution in [0.1, 0.15) is 27.0 Å². The van der Waals surface area contributed by atoms with Gasteiger partial charge in [-0.25, -0.2) is 0 Å². The number of halogens is 3. The molecular formula is C18H20F3N2O+. The lowest BCUT2D eigenvalue weighted by molar-refractivity contribution is -0.872. The van der Waals surface area contributed by atoms with Gasteiger partial charge in [0.1, 0.15) is 6.54 Å². The van der Waals surface area contributed by atoms with Crippen LogP contribution in [-0.4, -0.2) is 20.0 Å². The fraction of sp³-hybridized carbons (Fsp3) is 0.278. The van der Waals surface area contributed by atoms with E-state index in [0.717, 1.165) is 24.2 Å². The number of quaternary nitrogens is 1. The Hall–Kier alpha value is -2.34. The molecule has 0 aromatic heterocycles. The lowest BCUT2D eigenvalue weighted by Gasteiger charge is -2.10. The predicted molar refractivity (Wildman–Crippen MR) is 85.6 cm³/mol. The van der Waals surface area contributed by atoms with E-state index in [0.29, 0.717) is 6.54 Å². The van der Waals surface area contributed by atoms with Crippen molar-refractivity contribution in [3.05, 3.63) is 70.8 Å². The lowest BCUT2D eigenvalue weighted by Crippen LogP contribution is -3.04. The van der Waals surface area contributed by atoms with Crippen LogP contribution < -0.4 is 10.2 Å². The van der Waals surface area contributed by atoms with Gasteiger partial charge in [-0.3, -0.25) is 4.79 Å². The molecule has 0 atom stereocenters. The van der Waals surface area contributed by atoms with Crippen molar-refractivity contribution in [2.24, 2.45) is 0 Å². The molecule has 24 heavy (non-hydrogen) atoms. The maximum Gasteiger partial charge on any atom is 0.416 e. The first-order chi connectivity index (χ1) is 11.3. The number of amides is 1. The highest BCUT2D eigenvalue weighted by Crippen LogP contribution is 2.29. The van der Waals surface area contributed by atoms with Crippen LogP contribution in [0.25, 0.3) is 0 Å². The molecule has 0 unspecified atom stereocenters. The van der Waals surface area contributed by atoms with Gasteiger partial charge < -0.3 is 10.2 Å². The first-order valence-corrected chi connectivity index (χ1v) is 7.58. The number of rotatable bonds is 5. The molecule has 0 radical (unpaired) electrons. The minimum atomic E-state index is -4.40. The van der Waals surface area contributed by atoms with E-state index in [2.05, 4.69) is 19.4 Å². The van der Waals surface area contributed by atoms with Crippen LogP contribution in [0.3, 0.4) is 0 Å². The highest BCUT2D eigenvalue weighted by Gasteiger charge is 2.30. The van der Waals surface area contributed by atoms with Gasteiger partial charge in [0.05, 0.1) is 19.7 Å². The van der Waals surface area contributed by atoms with E-state index in [1.54, 1.807) is 0 Å². The second-order valence-electron chi connectivity index (χ2n) is 5.96. The molecule has 2 aromatic carbocycles. The quantitative estimate of drug-likeness (QED) is 0.862. The van der Waals surface area contributed by atoms with Crippen molar-refractivity contribution in [3.8, 4) is 0 Å². The minimum absolute atomic E-state index is 0.204. The minimum Gasteiger partial charge on any atom is -0.348 e. The number of hydrogen-bond donors (Lipinski definition) is 2. The maximum absolute atomic E-state index is 12.5. The van der Waals surface area contributed by atoms with Gasteiger partial charge in [0.2, 0.25) is 0 Å². The molecule has 0 saturated heterocycles. The molecule has 0 aliphatic carbocycles. The number of carbonyl (C=O) groups is 1. The second kappa shape index (κ2) is 7.49. The number of carbonyl (C=O) groups excluding carboxylic acids is 1. The average molecular weight is 337 g/mol. The van der Waals surface area contributed by atoms with Crippen molar-refractivity contribution in [1.29, 1.82) is 0 Å². The molecule has 0 fully saturated rings. The summed E-state index contributed by atoms with van der Waals surface area (Å²) in [5, 5.41) is 2.71. The van der Waals surface area contributed by atoms with Crippen LogP contribution >= 0.6 is 0 Å². The summed E-state index contributed by atoms with van der Waals surface area (Å²) >= 11 is 0. The zero-order valence-electron chi connectivity index (χ0n) is 13.6. The van der Waals surface area contributed by atoms with Crippen molar-refractivity contribution >= 4 is 5.91 Å². The van der Waals surface area contributed by atoms with Gasteiger partial charge in [0.25, 0.3) is 5.91 Å². The van der Waals surface area contributed by atoms with Crippen molar-refractivity contribution in [1.82, 2.24) is 5.32 Å². The SMILES string of the molecule is C[NH+](C)Cc1ccc(CNC(=O)c2ccc(C(F)(F)F)cc2)cc1. The van der Waals surface area contributed by atoms with Crippen molar-refractivity contribution in [3.63, 3.8) is 0 Å². The maximum atomic E-state index is 12.5. The molecule has 0 bridgehead atoms. The van der Waals surface area contributed by atoms with Crippen LogP contribution in [0.5, 0.6) is 0 Å². The van der Waals surface area contributed by atoms with Crippen molar-refractivity contribution < 1.29 is 22.9 Å². The first-order valence-electron chi connectivity index (χ1n) is 7.58. The Morgan fingerprint density at radius 3 is 2.00 bits per heavy atom. The van der Waals surface area contributed by atoms with E-state index in [4.69, 9.17) is 0 Å². The molecule has 2 N–H and O–H groups in total. The molecule has 128 valence electrons. The van der Waals surface area contributed by atoms with Crippen LogP contribution in [0.4, 0.5) is 13.2 Å². The number of alkyl halides is 3. The molecule has 0 spiro atoms. The van der Waals surface area contributed by atoms with Crippen molar-refractivity contribution in [2.75, 3.05) is 14.1 Å². The molecule has 1 amide bonds. The molecule has 3 nitrogen and oxygen atoms in total. The summed E-state index contributed by atoms with van der Waals surface area (Å²) in [4.78, 5) is 13.3. The van der Waals surface area contributed by atoms with Crippen LogP contribution in [0.15, 0.2) is 48.5 Å². The Kier molecular flexibility index (Phi) is 5.62. The molecule has 0 saturated carbocycles. The third kappa shape index (κ3) is 5.09. The third-order valence-electron chi connectivity index (χ3n) is 3.51. The van der Waals surface area contributed by atoms with E-state index < -0.39 is 17.6 Å². The first kappa shape index (κ1) is 18.0. The highest BCUT2D eigenvalue weighted by molar-refractivity contribution is 5.94. The summed E-state index contributed by atoms with van der Waals surface area (Å²) in [6.45, 7) is 1.24. The summed E-state index contributed by atoms with van der Waals surface area (Å²) in [6.07, 6.45) is -4.40. The molecule has 2 aromatic rings. The Balaban J connectivity index is 1.93. The van der Waals surface area contributed by atoms with Crippen LogP contribution in [0, 0.1) is 0 Å². The molecule has 2 rings (SSSR count). The molecule has 0 aliphatic rings. The van der Waals surface area contributed by atoms with Gasteiger partial charge in [-0.15, -0.1) is 0 Å². The van der Waals surface area contributed by atoms with Crippen LogP contribution in [-0.2, 0) is 19.3 Å². The zero-order valence-corrected chi connectivity index (χ0v) is 13.6. The summed E-state index contributed by atoms with van der Waals surface area (Å²) < 4.78 is 37.5. The smallest absolute Gasteiger partial charge is 0.348 e. The third-order valence-corrected chi connectivity index (χ3v) is 3.51. The highest BCUT2D eigenvalue weighted by atomic mass is 19.4. The zero-order chi connectivity index (χ0) is 17.7.